The second kappa shape index (κ2) is 6.10. The molecule has 2 amide bonds. The number of amides is 2. The molecule has 98 valence electrons. The van der Waals surface area contributed by atoms with E-state index in [1.54, 1.807) is 6.92 Å². The topological polar surface area (TPSA) is 99.6 Å². The first kappa shape index (κ1) is 14.1. The summed E-state index contributed by atoms with van der Waals surface area (Å²) in [6.45, 7) is 2.92. The van der Waals surface area contributed by atoms with Crippen molar-refractivity contribution in [3.05, 3.63) is 11.1 Å². The fourth-order valence-electron chi connectivity index (χ4n) is 1.23. The summed E-state index contributed by atoms with van der Waals surface area (Å²) in [4.78, 5) is 38.4. The number of carboxylic acid groups (broad SMARTS) is 1. The molecule has 0 saturated heterocycles. The molecule has 0 aliphatic rings. The van der Waals surface area contributed by atoms with Gasteiger partial charge in [0.05, 0.1) is 0 Å². The van der Waals surface area contributed by atoms with Crippen LogP contribution in [0.15, 0.2) is 5.38 Å². The molecule has 0 fully saturated rings. The van der Waals surface area contributed by atoms with E-state index in [2.05, 4.69) is 10.3 Å². The van der Waals surface area contributed by atoms with Crippen LogP contribution in [0.25, 0.3) is 0 Å². The number of thiazole rings is 1. The van der Waals surface area contributed by atoms with Crippen molar-refractivity contribution in [1.29, 1.82) is 0 Å². The molecule has 1 aromatic rings. The average molecular weight is 271 g/mol. The van der Waals surface area contributed by atoms with Crippen molar-refractivity contribution in [2.45, 2.75) is 13.8 Å². The smallest absolute Gasteiger partial charge is 0.323 e. The van der Waals surface area contributed by atoms with Crippen molar-refractivity contribution in [3.63, 3.8) is 0 Å². The molecule has 0 aliphatic carbocycles. The van der Waals surface area contributed by atoms with E-state index in [1.165, 1.54) is 12.3 Å². The number of carbonyl (C=O) groups is 3. The molecule has 0 saturated carbocycles. The Bertz CT molecular complexity index is 471. The van der Waals surface area contributed by atoms with Gasteiger partial charge < -0.3 is 15.3 Å². The van der Waals surface area contributed by atoms with Crippen LogP contribution < -0.4 is 5.32 Å². The van der Waals surface area contributed by atoms with Crippen molar-refractivity contribution < 1.29 is 19.5 Å². The van der Waals surface area contributed by atoms with Gasteiger partial charge in [0.25, 0.3) is 5.91 Å². The third kappa shape index (κ3) is 3.81. The van der Waals surface area contributed by atoms with Gasteiger partial charge in [0.15, 0.2) is 5.13 Å². The largest absolute Gasteiger partial charge is 0.480 e. The van der Waals surface area contributed by atoms with E-state index in [9.17, 15) is 14.4 Å². The molecule has 1 heterocycles. The van der Waals surface area contributed by atoms with Crippen molar-refractivity contribution in [2.75, 3.05) is 18.4 Å². The summed E-state index contributed by atoms with van der Waals surface area (Å²) in [5.41, 5.74) is 0.131. The number of hydrogen-bond acceptors (Lipinski definition) is 5. The second-order valence-corrected chi connectivity index (χ2v) is 4.29. The number of likely N-dealkylation sites (N-methyl/N-ethyl adjacent to an activating group) is 1. The lowest BCUT2D eigenvalue weighted by atomic mass is 10.4. The summed E-state index contributed by atoms with van der Waals surface area (Å²) in [6, 6.07) is 0. The minimum atomic E-state index is -1.08. The molecule has 1 aromatic heterocycles. The van der Waals surface area contributed by atoms with E-state index in [1.807, 2.05) is 0 Å². The van der Waals surface area contributed by atoms with Crippen molar-refractivity contribution in [1.82, 2.24) is 9.88 Å². The number of nitrogens with zero attached hydrogens (tertiary/aromatic N) is 2. The number of anilines is 1. The van der Waals surface area contributed by atoms with Crippen LogP contribution in [-0.4, -0.2) is 45.9 Å². The van der Waals surface area contributed by atoms with Gasteiger partial charge in [0.2, 0.25) is 5.91 Å². The van der Waals surface area contributed by atoms with Crippen molar-refractivity contribution in [3.8, 4) is 0 Å². The van der Waals surface area contributed by atoms with Crippen LogP contribution in [0.2, 0.25) is 0 Å². The van der Waals surface area contributed by atoms with E-state index < -0.39 is 11.9 Å². The highest BCUT2D eigenvalue weighted by atomic mass is 32.1. The second-order valence-electron chi connectivity index (χ2n) is 3.43. The molecule has 0 radical (unpaired) electrons. The van der Waals surface area contributed by atoms with Crippen LogP contribution in [0, 0.1) is 0 Å². The number of aliphatic carboxylic acids is 1. The van der Waals surface area contributed by atoms with Crippen LogP contribution in [0.1, 0.15) is 24.3 Å². The number of carboxylic acids is 1. The predicted molar refractivity (Wildman–Crippen MR) is 65.6 cm³/mol. The minimum absolute atomic E-state index is 0.131. The number of nitrogens with one attached hydrogen (secondary N) is 1. The Hall–Kier alpha value is -1.96. The zero-order valence-electron chi connectivity index (χ0n) is 9.97. The molecule has 18 heavy (non-hydrogen) atoms. The van der Waals surface area contributed by atoms with Gasteiger partial charge in [-0.15, -0.1) is 11.3 Å². The normalized spacial score (nSPS) is 9.89. The Labute approximate surface area is 107 Å². The number of carbonyl (C=O) groups excluding carboxylic acids is 2. The quantitative estimate of drug-likeness (QED) is 0.819. The van der Waals surface area contributed by atoms with Gasteiger partial charge in [-0.3, -0.25) is 14.4 Å². The molecule has 8 heteroatoms. The summed E-state index contributed by atoms with van der Waals surface area (Å²) in [5, 5.41) is 12.9. The van der Waals surface area contributed by atoms with E-state index in [-0.39, 0.29) is 24.7 Å². The van der Waals surface area contributed by atoms with Gasteiger partial charge in [-0.25, -0.2) is 4.98 Å². The van der Waals surface area contributed by atoms with Gasteiger partial charge in [-0.05, 0) is 6.92 Å². The highest BCUT2D eigenvalue weighted by Crippen LogP contribution is 2.16. The van der Waals surface area contributed by atoms with Gasteiger partial charge >= 0.3 is 5.97 Å². The highest BCUT2D eigenvalue weighted by Gasteiger charge is 2.19. The number of rotatable bonds is 5. The van der Waals surface area contributed by atoms with Gasteiger partial charge in [-0.2, -0.15) is 0 Å². The summed E-state index contributed by atoms with van der Waals surface area (Å²) in [6.07, 6.45) is 0. The van der Waals surface area contributed by atoms with E-state index in [0.29, 0.717) is 5.13 Å². The van der Waals surface area contributed by atoms with Crippen LogP contribution in [0.4, 0.5) is 5.13 Å². The molecular formula is C10H13N3O4S. The summed E-state index contributed by atoms with van der Waals surface area (Å²) in [7, 11) is 0. The van der Waals surface area contributed by atoms with Crippen LogP contribution in [-0.2, 0) is 9.59 Å². The Balaban J connectivity index is 2.79. The minimum Gasteiger partial charge on any atom is -0.480 e. The van der Waals surface area contributed by atoms with Gasteiger partial charge in [-0.1, -0.05) is 0 Å². The Kier molecular flexibility index (Phi) is 4.78. The Morgan fingerprint density at radius 2 is 2.17 bits per heavy atom. The first-order chi connectivity index (χ1) is 8.43. The van der Waals surface area contributed by atoms with E-state index in [0.717, 1.165) is 16.2 Å². The average Bonchev–Trinajstić information content (AvgIpc) is 2.72. The summed E-state index contributed by atoms with van der Waals surface area (Å²) in [5.74, 6) is -1.82. The fourth-order valence-corrected chi connectivity index (χ4v) is 1.96. The predicted octanol–water partition coefficient (Wildman–Crippen LogP) is 0.648. The lowest BCUT2D eigenvalue weighted by Gasteiger charge is -2.16. The summed E-state index contributed by atoms with van der Waals surface area (Å²) >= 11 is 1.11. The molecule has 0 unspecified atom stereocenters. The Morgan fingerprint density at radius 1 is 1.50 bits per heavy atom. The first-order valence-electron chi connectivity index (χ1n) is 5.18. The first-order valence-corrected chi connectivity index (χ1v) is 6.06. The molecule has 1 rings (SSSR count). The van der Waals surface area contributed by atoms with E-state index in [4.69, 9.17) is 5.11 Å². The standard InChI is InChI=1S/C10H13N3O4S/c1-3-13(4-8(15)16)9(17)7-5-18-10(12-7)11-6(2)14/h5H,3-4H2,1-2H3,(H,15,16)(H,11,12,14). The lowest BCUT2D eigenvalue weighted by Crippen LogP contribution is -2.35. The molecule has 0 spiro atoms. The molecule has 2 N–H and O–H groups in total. The van der Waals surface area contributed by atoms with Crippen LogP contribution in [0.5, 0.6) is 0 Å². The Morgan fingerprint density at radius 3 is 2.67 bits per heavy atom. The third-order valence-electron chi connectivity index (χ3n) is 2.00. The van der Waals surface area contributed by atoms with Crippen molar-refractivity contribution >= 4 is 34.3 Å². The maximum atomic E-state index is 11.9. The number of aromatic nitrogens is 1. The zero-order valence-corrected chi connectivity index (χ0v) is 10.8. The molecule has 0 aromatic carbocycles. The SMILES string of the molecule is CCN(CC(=O)O)C(=O)c1csc(NC(C)=O)n1. The zero-order chi connectivity index (χ0) is 13.7. The number of hydrogen-bond donors (Lipinski definition) is 2. The summed E-state index contributed by atoms with van der Waals surface area (Å²) < 4.78 is 0. The monoisotopic (exact) mass is 271 g/mol. The molecule has 0 bridgehead atoms. The molecule has 0 aliphatic heterocycles. The molecular weight excluding hydrogens is 258 g/mol. The van der Waals surface area contributed by atoms with Crippen LogP contribution >= 0.6 is 11.3 Å². The van der Waals surface area contributed by atoms with Crippen molar-refractivity contribution in [2.24, 2.45) is 0 Å². The fraction of sp³-hybridized carbons (Fsp3) is 0.400. The van der Waals surface area contributed by atoms with Gasteiger partial charge in [0, 0.05) is 18.8 Å². The maximum Gasteiger partial charge on any atom is 0.323 e. The molecule has 0 atom stereocenters. The van der Waals surface area contributed by atoms with E-state index >= 15 is 0 Å². The lowest BCUT2D eigenvalue weighted by molar-refractivity contribution is -0.137. The maximum absolute atomic E-state index is 11.9. The third-order valence-corrected chi connectivity index (χ3v) is 2.76. The van der Waals surface area contributed by atoms with Crippen LogP contribution in [0.3, 0.4) is 0 Å². The van der Waals surface area contributed by atoms with Gasteiger partial charge in [0.1, 0.15) is 12.2 Å². The highest BCUT2D eigenvalue weighted by molar-refractivity contribution is 7.14. The molecule has 7 nitrogen and oxygen atoms in total.